The SMILES string of the molecule is CCCCCCCCCCC/C=C/CCCCC(=O)OC[C@H](COP(=O)(O)OC1C(O)C(O)C(O)[C@@H](O)C1O)OC(=O)CCCCCCCCCCCCCCCCCCCCCCCCC. The minimum atomic E-state index is -5.12. The topological polar surface area (TPSA) is 210 Å². The molecule has 396 valence electrons. The summed E-state index contributed by atoms with van der Waals surface area (Å²) in [7, 11) is -5.12. The van der Waals surface area contributed by atoms with Crippen molar-refractivity contribution < 1.29 is 63.1 Å². The molecule has 1 aliphatic carbocycles. The van der Waals surface area contributed by atoms with Gasteiger partial charge in [0.25, 0.3) is 0 Å². The minimum Gasteiger partial charge on any atom is -0.462 e. The highest BCUT2D eigenvalue weighted by atomic mass is 31.2. The molecule has 0 radical (unpaired) electrons. The number of esters is 2. The van der Waals surface area contributed by atoms with Gasteiger partial charge >= 0.3 is 19.8 Å². The molecular formula is C53H101O13P. The fourth-order valence-corrected chi connectivity index (χ4v) is 9.67. The monoisotopic (exact) mass is 977 g/mol. The lowest BCUT2D eigenvalue weighted by Gasteiger charge is -2.41. The Bertz CT molecular complexity index is 1220. The van der Waals surface area contributed by atoms with E-state index in [9.17, 15) is 44.6 Å². The Balaban J connectivity index is 2.34. The summed E-state index contributed by atoms with van der Waals surface area (Å²) in [5.41, 5.74) is 0. The van der Waals surface area contributed by atoms with E-state index in [-0.39, 0.29) is 12.8 Å². The first kappa shape index (κ1) is 63.6. The van der Waals surface area contributed by atoms with Gasteiger partial charge in [-0.05, 0) is 38.5 Å². The van der Waals surface area contributed by atoms with Crippen LogP contribution in [-0.2, 0) is 32.7 Å². The maximum atomic E-state index is 12.9. The molecule has 1 saturated carbocycles. The van der Waals surface area contributed by atoms with Crippen LogP contribution < -0.4 is 0 Å². The van der Waals surface area contributed by atoms with Crippen LogP contribution in [0.15, 0.2) is 12.2 Å². The van der Waals surface area contributed by atoms with Gasteiger partial charge in [0.1, 0.15) is 43.2 Å². The second kappa shape index (κ2) is 43.4. The van der Waals surface area contributed by atoms with E-state index in [1.54, 1.807) is 0 Å². The van der Waals surface area contributed by atoms with E-state index in [0.717, 1.165) is 38.5 Å². The highest BCUT2D eigenvalue weighted by Crippen LogP contribution is 2.47. The van der Waals surface area contributed by atoms with Gasteiger partial charge in [0.15, 0.2) is 6.10 Å². The average Bonchev–Trinajstić information content (AvgIpc) is 3.31. The number of hydrogen-bond acceptors (Lipinski definition) is 12. The van der Waals surface area contributed by atoms with E-state index >= 15 is 0 Å². The molecule has 1 fully saturated rings. The molecule has 6 N–H and O–H groups in total. The van der Waals surface area contributed by atoms with Gasteiger partial charge in [0.05, 0.1) is 6.61 Å². The van der Waals surface area contributed by atoms with Crippen LogP contribution in [0, 0.1) is 0 Å². The van der Waals surface area contributed by atoms with Crippen LogP contribution in [0.5, 0.6) is 0 Å². The van der Waals surface area contributed by atoms with Crippen molar-refractivity contribution in [3.63, 3.8) is 0 Å². The predicted octanol–water partition coefficient (Wildman–Crippen LogP) is 12.2. The van der Waals surface area contributed by atoms with Crippen LogP contribution in [-0.4, -0.2) is 98.3 Å². The van der Waals surface area contributed by atoms with Gasteiger partial charge in [-0.1, -0.05) is 219 Å². The normalized spacial score (nSPS) is 21.1. The number of carbonyl (C=O) groups is 2. The van der Waals surface area contributed by atoms with Gasteiger partial charge in [-0.2, -0.15) is 0 Å². The van der Waals surface area contributed by atoms with Crippen LogP contribution >= 0.6 is 7.82 Å². The number of rotatable bonds is 47. The van der Waals surface area contributed by atoms with Crippen LogP contribution in [0.4, 0.5) is 0 Å². The molecule has 14 heteroatoms. The van der Waals surface area contributed by atoms with Gasteiger partial charge in [-0.15, -0.1) is 0 Å². The Kier molecular flexibility index (Phi) is 41.2. The number of unbranched alkanes of at least 4 members (excludes halogenated alkanes) is 33. The fraction of sp³-hybridized carbons (Fsp3) is 0.925. The molecule has 1 rings (SSSR count). The molecule has 0 heterocycles. The summed E-state index contributed by atoms with van der Waals surface area (Å²) in [5.74, 6) is -1.11. The van der Waals surface area contributed by atoms with E-state index in [4.69, 9.17) is 18.5 Å². The molecule has 0 aromatic heterocycles. The quantitative estimate of drug-likeness (QED) is 0.0145. The standard InChI is InChI=1S/C53H101O13P/c1-3-5-7-9-11-13-15-17-19-20-21-22-23-24-25-26-28-30-32-34-36-38-40-42-47(55)65-45(44-64-67(61,62)66-53-51(59)49(57)48(56)50(58)52(53)60)43-63-46(54)41-39-37-35-33-31-29-27-18-16-14-12-10-8-6-4-2/h31,33,45,48-53,56-60H,3-30,32,34-44H2,1-2H3,(H,61,62)/b33-31+/t45-,48?,49-,50?,51?,52?,53?/m1/s1. The Morgan fingerprint density at radius 2 is 0.761 bits per heavy atom. The first-order valence-corrected chi connectivity index (χ1v) is 29.0. The second-order valence-corrected chi connectivity index (χ2v) is 20.9. The lowest BCUT2D eigenvalue weighted by Crippen LogP contribution is -2.64. The summed E-state index contributed by atoms with van der Waals surface area (Å²) in [5, 5.41) is 50.3. The van der Waals surface area contributed by atoms with E-state index in [0.29, 0.717) is 12.8 Å². The molecule has 0 amide bonds. The highest BCUT2D eigenvalue weighted by Gasteiger charge is 2.51. The zero-order valence-electron chi connectivity index (χ0n) is 42.5. The first-order valence-electron chi connectivity index (χ1n) is 27.5. The third-order valence-electron chi connectivity index (χ3n) is 13.1. The molecule has 0 bridgehead atoms. The Hall–Kier alpha value is -1.41. The van der Waals surface area contributed by atoms with Crippen molar-refractivity contribution in [2.75, 3.05) is 13.2 Å². The van der Waals surface area contributed by atoms with Crippen LogP contribution in [0.1, 0.15) is 258 Å². The molecule has 13 nitrogen and oxygen atoms in total. The van der Waals surface area contributed by atoms with E-state index in [1.807, 2.05) is 0 Å². The molecular weight excluding hydrogens is 876 g/mol. The summed E-state index contributed by atoms with van der Waals surface area (Å²) in [6.07, 6.45) is 35.6. The zero-order chi connectivity index (χ0) is 49.2. The number of ether oxygens (including phenoxy) is 2. The fourth-order valence-electron chi connectivity index (χ4n) is 8.70. The molecule has 0 saturated heterocycles. The van der Waals surface area contributed by atoms with Crippen molar-refractivity contribution in [1.82, 2.24) is 0 Å². The molecule has 1 aliphatic rings. The number of phosphoric ester groups is 1. The molecule has 8 atom stereocenters. The van der Waals surface area contributed by atoms with Crippen LogP contribution in [0.2, 0.25) is 0 Å². The smallest absolute Gasteiger partial charge is 0.462 e. The number of carbonyl (C=O) groups excluding carboxylic acids is 2. The number of allylic oxidation sites excluding steroid dienone is 2. The van der Waals surface area contributed by atoms with Crippen molar-refractivity contribution in [3.8, 4) is 0 Å². The van der Waals surface area contributed by atoms with Crippen LogP contribution in [0.3, 0.4) is 0 Å². The lowest BCUT2D eigenvalue weighted by atomic mass is 9.85. The third-order valence-corrected chi connectivity index (χ3v) is 14.1. The summed E-state index contributed by atoms with van der Waals surface area (Å²) in [6, 6.07) is 0. The van der Waals surface area contributed by atoms with Crippen LogP contribution in [0.25, 0.3) is 0 Å². The second-order valence-electron chi connectivity index (χ2n) is 19.4. The average molecular weight is 977 g/mol. The van der Waals surface area contributed by atoms with Crippen molar-refractivity contribution in [2.45, 2.75) is 301 Å². The largest absolute Gasteiger partial charge is 0.472 e. The van der Waals surface area contributed by atoms with Gasteiger partial charge in [0.2, 0.25) is 0 Å². The number of aliphatic hydroxyl groups is 5. The lowest BCUT2D eigenvalue weighted by molar-refractivity contribution is -0.220. The van der Waals surface area contributed by atoms with Gasteiger partial charge in [-0.3, -0.25) is 18.6 Å². The van der Waals surface area contributed by atoms with E-state index in [1.165, 1.54) is 180 Å². The summed E-state index contributed by atoms with van der Waals surface area (Å²) in [4.78, 5) is 35.9. The molecule has 0 aliphatic heterocycles. The van der Waals surface area contributed by atoms with E-state index < -0.39 is 75.7 Å². The van der Waals surface area contributed by atoms with Crippen molar-refractivity contribution >= 4 is 19.8 Å². The number of hydrogen-bond donors (Lipinski definition) is 6. The number of aliphatic hydroxyl groups excluding tert-OH is 5. The Morgan fingerprint density at radius 1 is 0.448 bits per heavy atom. The maximum absolute atomic E-state index is 12.9. The minimum absolute atomic E-state index is 0.0993. The molecule has 67 heavy (non-hydrogen) atoms. The Labute approximate surface area is 407 Å². The summed E-state index contributed by atoms with van der Waals surface area (Å²) in [6.45, 7) is 3.33. The molecule has 0 aromatic carbocycles. The van der Waals surface area contributed by atoms with Crippen molar-refractivity contribution in [3.05, 3.63) is 12.2 Å². The summed E-state index contributed by atoms with van der Waals surface area (Å²) >= 11 is 0. The van der Waals surface area contributed by atoms with Crippen molar-refractivity contribution in [2.24, 2.45) is 0 Å². The third kappa shape index (κ3) is 35.4. The summed E-state index contributed by atoms with van der Waals surface area (Å²) < 4.78 is 33.7. The first-order chi connectivity index (χ1) is 32.4. The van der Waals surface area contributed by atoms with Gasteiger partial charge < -0.3 is 39.9 Å². The number of phosphoric acid groups is 1. The molecule has 6 unspecified atom stereocenters. The predicted molar refractivity (Wildman–Crippen MR) is 267 cm³/mol. The Morgan fingerprint density at radius 3 is 1.16 bits per heavy atom. The van der Waals surface area contributed by atoms with Crippen molar-refractivity contribution in [1.29, 1.82) is 0 Å². The van der Waals surface area contributed by atoms with E-state index in [2.05, 4.69) is 26.0 Å². The maximum Gasteiger partial charge on any atom is 0.472 e. The zero-order valence-corrected chi connectivity index (χ0v) is 43.4. The highest BCUT2D eigenvalue weighted by molar-refractivity contribution is 7.47. The molecule has 0 spiro atoms. The van der Waals surface area contributed by atoms with Gasteiger partial charge in [0, 0.05) is 12.8 Å². The molecule has 0 aromatic rings. The van der Waals surface area contributed by atoms with Gasteiger partial charge in [-0.25, -0.2) is 4.57 Å².